The minimum Gasteiger partial charge on any atom is -0.348 e. The van der Waals surface area contributed by atoms with Gasteiger partial charge in [0, 0.05) is 29.6 Å². The van der Waals surface area contributed by atoms with E-state index in [1.807, 2.05) is 0 Å². The molecule has 0 saturated carbocycles. The van der Waals surface area contributed by atoms with Gasteiger partial charge >= 0.3 is 0 Å². The zero-order valence-electron chi connectivity index (χ0n) is 10.6. The molecule has 3 aromatic rings. The minimum absolute atomic E-state index is 0.102. The average Bonchev–Trinajstić information content (AvgIpc) is 3.05. The van der Waals surface area contributed by atoms with Gasteiger partial charge in [0.05, 0.1) is 18.6 Å². The van der Waals surface area contributed by atoms with Gasteiger partial charge in [-0.15, -0.1) is 0 Å². The van der Waals surface area contributed by atoms with Crippen molar-refractivity contribution in [3.63, 3.8) is 0 Å². The SMILES string of the molecule is Fc1cc(F)c(F)c(-c2ccn(Cc3[nH]cnc3Br)c2)c1. The van der Waals surface area contributed by atoms with Crippen molar-refractivity contribution in [2.75, 3.05) is 0 Å². The van der Waals surface area contributed by atoms with Gasteiger partial charge in [0.15, 0.2) is 11.6 Å². The lowest BCUT2D eigenvalue weighted by molar-refractivity contribution is 0.497. The van der Waals surface area contributed by atoms with E-state index in [0.29, 0.717) is 22.8 Å². The Morgan fingerprint density at radius 2 is 2.05 bits per heavy atom. The van der Waals surface area contributed by atoms with Crippen molar-refractivity contribution in [2.45, 2.75) is 6.54 Å². The number of nitrogens with one attached hydrogen (secondary N) is 1. The molecule has 2 aromatic heterocycles. The summed E-state index contributed by atoms with van der Waals surface area (Å²) in [4.78, 5) is 6.96. The number of nitrogens with zero attached hydrogens (tertiary/aromatic N) is 2. The Kier molecular flexibility index (Phi) is 3.59. The predicted molar refractivity (Wildman–Crippen MR) is 75.1 cm³/mol. The van der Waals surface area contributed by atoms with Gasteiger partial charge in [-0.05, 0) is 28.1 Å². The normalized spacial score (nSPS) is 11.0. The second-order valence-electron chi connectivity index (χ2n) is 4.49. The second-order valence-corrected chi connectivity index (χ2v) is 5.24. The van der Waals surface area contributed by atoms with Crippen LogP contribution in [0.4, 0.5) is 13.2 Å². The lowest BCUT2D eigenvalue weighted by atomic mass is 10.1. The third-order valence-corrected chi connectivity index (χ3v) is 3.74. The van der Waals surface area contributed by atoms with Crippen LogP contribution in [0, 0.1) is 17.5 Å². The summed E-state index contributed by atoms with van der Waals surface area (Å²) in [7, 11) is 0. The van der Waals surface area contributed by atoms with E-state index in [2.05, 4.69) is 25.9 Å². The van der Waals surface area contributed by atoms with Gasteiger partial charge in [-0.3, -0.25) is 0 Å². The number of rotatable bonds is 3. The zero-order chi connectivity index (χ0) is 15.0. The van der Waals surface area contributed by atoms with Crippen molar-refractivity contribution in [1.29, 1.82) is 0 Å². The molecule has 21 heavy (non-hydrogen) atoms. The molecule has 108 valence electrons. The fourth-order valence-electron chi connectivity index (χ4n) is 2.06. The van der Waals surface area contributed by atoms with Crippen LogP contribution in [0.15, 0.2) is 41.5 Å². The number of imidazole rings is 1. The van der Waals surface area contributed by atoms with Crippen LogP contribution in [-0.4, -0.2) is 14.5 Å². The summed E-state index contributed by atoms with van der Waals surface area (Å²) >= 11 is 3.29. The minimum atomic E-state index is -1.20. The van der Waals surface area contributed by atoms with E-state index < -0.39 is 17.5 Å². The number of aromatic amines is 1. The predicted octanol–water partition coefficient (Wildman–Crippen LogP) is 4.11. The van der Waals surface area contributed by atoms with E-state index in [1.54, 1.807) is 29.4 Å². The molecule has 0 saturated heterocycles. The topological polar surface area (TPSA) is 33.6 Å². The van der Waals surface area contributed by atoms with Crippen LogP contribution in [0.3, 0.4) is 0 Å². The first kappa shape index (κ1) is 13.9. The quantitative estimate of drug-likeness (QED) is 0.705. The lowest BCUT2D eigenvalue weighted by Gasteiger charge is -2.03. The number of hydrogen-bond acceptors (Lipinski definition) is 1. The van der Waals surface area contributed by atoms with Crippen molar-refractivity contribution in [3.05, 3.63) is 64.7 Å². The van der Waals surface area contributed by atoms with Crippen LogP contribution >= 0.6 is 15.9 Å². The molecule has 0 spiro atoms. The molecular formula is C14H9BrF3N3. The highest BCUT2D eigenvalue weighted by Crippen LogP contribution is 2.26. The van der Waals surface area contributed by atoms with Gasteiger partial charge in [-0.25, -0.2) is 18.2 Å². The van der Waals surface area contributed by atoms with Crippen LogP contribution in [0.1, 0.15) is 5.69 Å². The third-order valence-electron chi connectivity index (χ3n) is 3.06. The summed E-state index contributed by atoms with van der Waals surface area (Å²) in [6.45, 7) is 0.472. The maximum absolute atomic E-state index is 13.7. The first-order valence-electron chi connectivity index (χ1n) is 6.03. The molecule has 0 aliphatic rings. The largest absolute Gasteiger partial charge is 0.348 e. The summed E-state index contributed by atoms with van der Waals surface area (Å²) < 4.78 is 42.7. The van der Waals surface area contributed by atoms with Crippen LogP contribution < -0.4 is 0 Å². The molecule has 0 fully saturated rings. The molecule has 0 aliphatic carbocycles. The highest BCUT2D eigenvalue weighted by molar-refractivity contribution is 9.10. The van der Waals surface area contributed by atoms with E-state index in [0.717, 1.165) is 11.8 Å². The highest BCUT2D eigenvalue weighted by atomic mass is 79.9. The molecule has 2 heterocycles. The second kappa shape index (κ2) is 5.40. The van der Waals surface area contributed by atoms with Crippen molar-refractivity contribution in [2.24, 2.45) is 0 Å². The number of halogens is 4. The maximum Gasteiger partial charge on any atom is 0.166 e. The Labute approximate surface area is 126 Å². The van der Waals surface area contributed by atoms with Crippen molar-refractivity contribution in [1.82, 2.24) is 14.5 Å². The molecule has 0 radical (unpaired) electrons. The van der Waals surface area contributed by atoms with Gasteiger partial charge in [0.25, 0.3) is 0 Å². The van der Waals surface area contributed by atoms with Gasteiger partial charge < -0.3 is 9.55 Å². The van der Waals surface area contributed by atoms with Crippen LogP contribution in [0.5, 0.6) is 0 Å². The summed E-state index contributed by atoms with van der Waals surface area (Å²) in [6, 6.07) is 3.10. The van der Waals surface area contributed by atoms with Gasteiger partial charge in [-0.2, -0.15) is 0 Å². The molecule has 0 amide bonds. The first-order chi connectivity index (χ1) is 10.0. The number of benzene rings is 1. The fraction of sp³-hybridized carbons (Fsp3) is 0.0714. The van der Waals surface area contributed by atoms with E-state index >= 15 is 0 Å². The maximum atomic E-state index is 13.7. The van der Waals surface area contributed by atoms with E-state index in [1.165, 1.54) is 0 Å². The number of hydrogen-bond donors (Lipinski definition) is 1. The third kappa shape index (κ3) is 2.73. The van der Waals surface area contributed by atoms with E-state index in [-0.39, 0.29) is 5.56 Å². The highest BCUT2D eigenvalue weighted by Gasteiger charge is 2.14. The number of H-pyrrole nitrogens is 1. The lowest BCUT2D eigenvalue weighted by Crippen LogP contribution is -1.97. The molecular weight excluding hydrogens is 347 g/mol. The molecule has 1 N–H and O–H groups in total. The Morgan fingerprint density at radius 3 is 2.76 bits per heavy atom. The standard InChI is InChI=1S/C14H9BrF3N3/c15-14-12(19-7-20-14)6-21-2-1-8(5-21)10-3-9(16)4-11(17)13(10)18/h1-5,7H,6H2,(H,19,20). The van der Waals surface area contributed by atoms with Crippen molar-refractivity contribution < 1.29 is 13.2 Å². The molecule has 0 unspecified atom stereocenters. The van der Waals surface area contributed by atoms with Gasteiger partial charge in [-0.1, -0.05) is 0 Å². The smallest absolute Gasteiger partial charge is 0.166 e. The fourth-order valence-corrected chi connectivity index (χ4v) is 2.40. The van der Waals surface area contributed by atoms with Crippen LogP contribution in [0.2, 0.25) is 0 Å². The number of aromatic nitrogens is 3. The summed E-state index contributed by atoms with van der Waals surface area (Å²) in [5.41, 5.74) is 1.14. The Bertz CT molecular complexity index is 795. The molecule has 0 bridgehead atoms. The van der Waals surface area contributed by atoms with Crippen molar-refractivity contribution in [3.8, 4) is 11.1 Å². The van der Waals surface area contributed by atoms with E-state index in [9.17, 15) is 13.2 Å². The van der Waals surface area contributed by atoms with E-state index in [4.69, 9.17) is 0 Å². The molecule has 0 atom stereocenters. The van der Waals surface area contributed by atoms with Gasteiger partial charge in [0.2, 0.25) is 0 Å². The Morgan fingerprint density at radius 1 is 1.24 bits per heavy atom. The molecule has 7 heteroatoms. The summed E-state index contributed by atoms with van der Waals surface area (Å²) in [6.07, 6.45) is 4.86. The molecule has 3 nitrogen and oxygen atoms in total. The molecule has 0 aliphatic heterocycles. The Hall–Kier alpha value is -2.02. The average molecular weight is 356 g/mol. The van der Waals surface area contributed by atoms with Crippen LogP contribution in [0.25, 0.3) is 11.1 Å². The first-order valence-corrected chi connectivity index (χ1v) is 6.82. The summed E-state index contributed by atoms with van der Waals surface area (Å²) in [5, 5.41) is 0. The Balaban J connectivity index is 1.94. The monoisotopic (exact) mass is 355 g/mol. The van der Waals surface area contributed by atoms with Crippen molar-refractivity contribution >= 4 is 15.9 Å². The zero-order valence-corrected chi connectivity index (χ0v) is 12.2. The van der Waals surface area contributed by atoms with Gasteiger partial charge in [0.1, 0.15) is 10.4 Å². The molecule has 3 rings (SSSR count). The summed E-state index contributed by atoms with van der Waals surface area (Å²) in [5.74, 6) is -3.07. The van der Waals surface area contributed by atoms with Crippen LogP contribution in [-0.2, 0) is 6.54 Å². The molecule has 1 aromatic carbocycles.